The first-order valence-electron chi connectivity index (χ1n) is 9.93. The number of thiazole rings is 1. The number of aliphatic hydroxyl groups is 1. The lowest BCUT2D eigenvalue weighted by molar-refractivity contribution is -0.384. The molecule has 1 fully saturated rings. The number of amides is 1. The number of esters is 2. The van der Waals surface area contributed by atoms with Crippen molar-refractivity contribution in [1.29, 1.82) is 0 Å². The van der Waals surface area contributed by atoms with Crippen LogP contribution in [0.3, 0.4) is 0 Å². The minimum atomic E-state index is -0.996. The van der Waals surface area contributed by atoms with E-state index < -0.39 is 40.8 Å². The number of carbonyl (C=O) groups excluding carboxylic acids is 3. The van der Waals surface area contributed by atoms with Gasteiger partial charge in [0.15, 0.2) is 0 Å². The summed E-state index contributed by atoms with van der Waals surface area (Å²) in [6.45, 7) is 1.52. The molecule has 3 aromatic rings. The van der Waals surface area contributed by atoms with Gasteiger partial charge in [-0.2, -0.15) is 0 Å². The molecule has 0 radical (unpaired) electrons. The highest BCUT2D eigenvalue weighted by Gasteiger charge is 2.57. The first-order valence-corrected chi connectivity index (χ1v) is 10.7. The van der Waals surface area contributed by atoms with Crippen LogP contribution >= 0.6 is 11.3 Å². The van der Waals surface area contributed by atoms with E-state index in [1.807, 2.05) is 0 Å². The number of aliphatic hydroxyl groups excluding tert-OH is 1. The molecule has 0 unspecified atom stereocenters. The quantitative estimate of drug-likeness (QED) is 0.197. The van der Waals surface area contributed by atoms with Gasteiger partial charge in [-0.3, -0.25) is 19.3 Å². The number of imidazole rings is 1. The lowest BCUT2D eigenvalue weighted by atomic mass is 9.83. The van der Waals surface area contributed by atoms with Crippen molar-refractivity contribution >= 4 is 45.3 Å². The lowest BCUT2D eigenvalue weighted by Gasteiger charge is -2.44. The summed E-state index contributed by atoms with van der Waals surface area (Å²) < 4.78 is 6.83. The van der Waals surface area contributed by atoms with Gasteiger partial charge in [0.2, 0.25) is 5.91 Å². The molecule has 4 heterocycles. The number of nitro groups is 1. The highest BCUT2D eigenvalue weighted by Crippen LogP contribution is 2.48. The summed E-state index contributed by atoms with van der Waals surface area (Å²) in [4.78, 5) is 55.4. The van der Waals surface area contributed by atoms with Crippen molar-refractivity contribution in [2.45, 2.75) is 25.5 Å². The molecule has 2 aliphatic heterocycles. The molecular weight excluding hydrogens is 452 g/mol. The van der Waals surface area contributed by atoms with Crippen LogP contribution < -0.4 is 0 Å². The smallest absolute Gasteiger partial charge is 0.363 e. The predicted molar refractivity (Wildman–Crippen MR) is 114 cm³/mol. The second-order valence-electron chi connectivity index (χ2n) is 7.79. The van der Waals surface area contributed by atoms with Crippen molar-refractivity contribution in [3.63, 3.8) is 0 Å². The van der Waals surface area contributed by atoms with Crippen molar-refractivity contribution in [1.82, 2.24) is 14.3 Å². The van der Waals surface area contributed by atoms with Crippen molar-refractivity contribution in [3.8, 4) is 0 Å². The standard InChI is InChI=1S/C21H16N4O7S/c1-10(26)17-14-6-13(15-8-23-9-22-7-16(23)33-15)18(24(14)19(17)27)21(29)32-20(28)11-2-4-12(5-3-11)25(30)31/h2-5,7-10,14,17,26H,6H2,1H3/t10-,14-,17-/m1/s1. The molecular formula is C21H16N4O7S. The third-order valence-electron chi connectivity index (χ3n) is 5.82. The number of non-ortho nitro benzene ring substituents is 1. The summed E-state index contributed by atoms with van der Waals surface area (Å²) in [5, 5.41) is 20.8. The van der Waals surface area contributed by atoms with E-state index in [-0.39, 0.29) is 16.9 Å². The molecule has 2 aromatic heterocycles. The molecule has 11 nitrogen and oxygen atoms in total. The number of aromatic nitrogens is 2. The van der Waals surface area contributed by atoms with Crippen LogP contribution in [0.4, 0.5) is 5.69 Å². The molecule has 33 heavy (non-hydrogen) atoms. The second kappa shape index (κ2) is 7.60. The zero-order valence-corrected chi connectivity index (χ0v) is 17.9. The lowest BCUT2D eigenvalue weighted by Crippen LogP contribution is -2.61. The molecule has 1 saturated heterocycles. The highest BCUT2D eigenvalue weighted by atomic mass is 32.1. The molecule has 5 rings (SSSR count). The van der Waals surface area contributed by atoms with Crippen LogP contribution in [0.5, 0.6) is 0 Å². The van der Waals surface area contributed by atoms with Crippen LogP contribution in [0, 0.1) is 16.0 Å². The van der Waals surface area contributed by atoms with Gasteiger partial charge in [0.1, 0.15) is 10.5 Å². The Balaban J connectivity index is 1.47. The normalized spacial score (nSPS) is 20.5. The Bertz CT molecular complexity index is 1330. The molecule has 0 spiro atoms. The maximum Gasteiger partial charge on any atom is 0.363 e. The average molecular weight is 468 g/mol. The minimum Gasteiger partial charge on any atom is -0.393 e. The number of β-lactam (4-membered cyclic amide) rings is 1. The fourth-order valence-corrected chi connectivity index (χ4v) is 5.28. The van der Waals surface area contributed by atoms with Crippen molar-refractivity contribution < 1.29 is 29.2 Å². The number of hydrogen-bond donors (Lipinski definition) is 1. The largest absolute Gasteiger partial charge is 0.393 e. The SMILES string of the molecule is C[C@@H](O)[C@H]1C(=O)N2C(C(=O)OC(=O)c3ccc([N+](=O)[O-])cc3)=C(c3cn4cncc4s3)C[C@H]12. The maximum atomic E-state index is 13.1. The van der Waals surface area contributed by atoms with Gasteiger partial charge in [-0.15, -0.1) is 11.3 Å². The van der Waals surface area contributed by atoms with Crippen LogP contribution in [0.1, 0.15) is 28.6 Å². The Labute approximate surface area is 189 Å². The number of rotatable bonds is 5. The molecule has 0 bridgehead atoms. The van der Waals surface area contributed by atoms with E-state index in [1.54, 1.807) is 23.1 Å². The zero-order valence-electron chi connectivity index (χ0n) is 17.1. The number of fused-ring (bicyclic) bond motifs is 2. The number of ether oxygens (including phenoxy) is 1. The topological polar surface area (TPSA) is 144 Å². The number of carbonyl (C=O) groups is 3. The molecule has 2 aliphatic rings. The van der Waals surface area contributed by atoms with Crippen molar-refractivity contribution in [2.75, 3.05) is 0 Å². The van der Waals surface area contributed by atoms with Gasteiger partial charge in [-0.1, -0.05) is 0 Å². The van der Waals surface area contributed by atoms with Crippen LogP contribution in [0.25, 0.3) is 10.4 Å². The summed E-state index contributed by atoms with van der Waals surface area (Å²) in [5.41, 5.74) is 0.265. The van der Waals surface area contributed by atoms with Gasteiger partial charge >= 0.3 is 11.9 Å². The predicted octanol–water partition coefficient (Wildman–Crippen LogP) is 2.01. The average Bonchev–Trinajstić information content (AvgIpc) is 3.44. The van der Waals surface area contributed by atoms with E-state index in [9.17, 15) is 29.6 Å². The van der Waals surface area contributed by atoms with Gasteiger partial charge in [0.25, 0.3) is 5.69 Å². The molecule has 1 aromatic carbocycles. The first-order chi connectivity index (χ1) is 15.8. The number of nitro benzene ring substituents is 1. The minimum absolute atomic E-state index is 0.0328. The van der Waals surface area contributed by atoms with Gasteiger partial charge in [0.05, 0.1) is 46.0 Å². The van der Waals surface area contributed by atoms with Crippen LogP contribution in [-0.4, -0.2) is 54.3 Å². The van der Waals surface area contributed by atoms with Gasteiger partial charge in [-0.25, -0.2) is 14.6 Å². The Morgan fingerprint density at radius 3 is 2.67 bits per heavy atom. The third kappa shape index (κ3) is 3.31. The Morgan fingerprint density at radius 1 is 1.30 bits per heavy atom. The fraction of sp³-hybridized carbons (Fsp3) is 0.238. The van der Waals surface area contributed by atoms with Crippen LogP contribution in [0.15, 0.2) is 48.7 Å². The third-order valence-corrected chi connectivity index (χ3v) is 6.92. The van der Waals surface area contributed by atoms with Gasteiger partial charge < -0.3 is 14.7 Å². The fourth-order valence-electron chi connectivity index (χ4n) is 4.26. The molecule has 0 saturated carbocycles. The van der Waals surface area contributed by atoms with Crippen molar-refractivity contribution in [2.24, 2.45) is 5.92 Å². The van der Waals surface area contributed by atoms with E-state index in [2.05, 4.69) is 4.98 Å². The summed E-state index contributed by atoms with van der Waals surface area (Å²) in [7, 11) is 0. The van der Waals surface area contributed by atoms with Crippen molar-refractivity contribution in [3.05, 3.63) is 69.2 Å². The van der Waals surface area contributed by atoms with Gasteiger partial charge in [0, 0.05) is 23.9 Å². The molecule has 12 heteroatoms. The molecule has 168 valence electrons. The van der Waals surface area contributed by atoms with E-state index in [0.29, 0.717) is 16.9 Å². The number of benzene rings is 1. The molecule has 3 atom stereocenters. The van der Waals surface area contributed by atoms with E-state index in [0.717, 1.165) is 17.0 Å². The Morgan fingerprint density at radius 2 is 2.03 bits per heavy atom. The summed E-state index contributed by atoms with van der Waals surface area (Å²) in [6.07, 6.45) is 4.49. The summed E-state index contributed by atoms with van der Waals surface area (Å²) >= 11 is 1.37. The monoisotopic (exact) mass is 468 g/mol. The summed E-state index contributed by atoms with van der Waals surface area (Å²) in [6, 6.07) is 4.23. The second-order valence-corrected chi connectivity index (χ2v) is 8.85. The highest BCUT2D eigenvalue weighted by molar-refractivity contribution is 7.18. The number of hydrogen-bond acceptors (Lipinski definition) is 9. The first kappa shape index (κ1) is 21.0. The Hall–Kier alpha value is -3.90. The van der Waals surface area contributed by atoms with Crippen LogP contribution in [0.2, 0.25) is 0 Å². The summed E-state index contributed by atoms with van der Waals surface area (Å²) in [5.74, 6) is -3.05. The zero-order chi connectivity index (χ0) is 23.4. The molecule has 1 N–H and O–H groups in total. The van der Waals surface area contributed by atoms with E-state index in [4.69, 9.17) is 4.74 Å². The number of nitrogens with zero attached hydrogens (tertiary/aromatic N) is 4. The van der Waals surface area contributed by atoms with E-state index in [1.165, 1.54) is 35.3 Å². The van der Waals surface area contributed by atoms with Crippen LogP contribution in [-0.2, 0) is 14.3 Å². The van der Waals surface area contributed by atoms with Gasteiger partial charge in [-0.05, 0) is 25.5 Å². The van der Waals surface area contributed by atoms with E-state index >= 15 is 0 Å². The maximum absolute atomic E-state index is 13.1. The molecule has 1 amide bonds. The molecule has 0 aliphatic carbocycles. The Kier molecular flexibility index (Phi) is 4.83.